The Bertz CT molecular complexity index is 420. The number of hydrogen-bond donors (Lipinski definition) is 1. The summed E-state index contributed by atoms with van der Waals surface area (Å²) in [5.74, 6) is 0.0480. The number of carbonyl (C=O) groups is 1. The minimum absolute atomic E-state index is 0.0480. The molecule has 1 aliphatic rings. The molecule has 0 fully saturated rings. The number of rotatable bonds is 2. The molecule has 4 heteroatoms. The van der Waals surface area contributed by atoms with Crippen LogP contribution in [-0.4, -0.2) is 19.2 Å². The lowest BCUT2D eigenvalue weighted by Gasteiger charge is -2.07. The van der Waals surface area contributed by atoms with E-state index in [0.717, 1.165) is 17.7 Å². The molecule has 1 heterocycles. The van der Waals surface area contributed by atoms with E-state index in [0.29, 0.717) is 0 Å². The maximum atomic E-state index is 11.7. The molecule has 0 bridgehead atoms. The monoisotopic (exact) mass is 239 g/mol. The zero-order valence-electron chi connectivity index (χ0n) is 8.79. The third-order valence-corrected chi connectivity index (χ3v) is 4.86. The maximum absolute atomic E-state index is 11.7. The van der Waals surface area contributed by atoms with Gasteiger partial charge in [-0.05, 0) is 24.7 Å². The Labute approximate surface area is 97.8 Å². The van der Waals surface area contributed by atoms with Crippen LogP contribution in [0, 0.1) is 0 Å². The van der Waals surface area contributed by atoms with E-state index in [1.807, 2.05) is 0 Å². The molecule has 1 amide bonds. The van der Waals surface area contributed by atoms with Gasteiger partial charge < -0.3 is 5.32 Å². The van der Waals surface area contributed by atoms with E-state index in [1.165, 1.54) is 15.3 Å². The molecule has 0 spiro atoms. The van der Waals surface area contributed by atoms with E-state index in [4.69, 9.17) is 0 Å². The molecule has 15 heavy (non-hydrogen) atoms. The molecule has 2 rings (SSSR count). The molecule has 0 aliphatic heterocycles. The quantitative estimate of drug-likeness (QED) is 0.804. The van der Waals surface area contributed by atoms with Crippen molar-refractivity contribution in [1.82, 2.24) is 5.32 Å². The van der Waals surface area contributed by atoms with Crippen LogP contribution in [0.25, 0.3) is 6.08 Å². The van der Waals surface area contributed by atoms with Crippen LogP contribution < -0.4 is 5.32 Å². The van der Waals surface area contributed by atoms with Crippen molar-refractivity contribution < 1.29 is 4.79 Å². The number of thiophene rings is 1. The summed E-state index contributed by atoms with van der Waals surface area (Å²) in [6.07, 6.45) is 8.42. The van der Waals surface area contributed by atoms with Gasteiger partial charge in [0.15, 0.2) is 0 Å². The summed E-state index contributed by atoms with van der Waals surface area (Å²) < 4.78 is 1.25. The highest BCUT2D eigenvalue weighted by molar-refractivity contribution is 8.00. The lowest BCUT2D eigenvalue weighted by Crippen LogP contribution is -2.18. The van der Waals surface area contributed by atoms with Gasteiger partial charge in [0.1, 0.15) is 0 Å². The number of thioether (sulfide) groups is 1. The molecule has 1 N–H and O–H groups in total. The Kier molecular flexibility index (Phi) is 3.17. The molecule has 0 saturated heterocycles. The SMILES string of the molecule is CNC(=O)c1sc(SC)c2c1CCC=C2. The first kappa shape index (κ1) is 10.8. The minimum atomic E-state index is 0.0480. The van der Waals surface area contributed by atoms with Crippen molar-refractivity contribution in [2.45, 2.75) is 17.1 Å². The highest BCUT2D eigenvalue weighted by atomic mass is 32.2. The van der Waals surface area contributed by atoms with Crippen LogP contribution in [0.5, 0.6) is 0 Å². The predicted molar refractivity (Wildman–Crippen MR) is 66.8 cm³/mol. The van der Waals surface area contributed by atoms with Crippen LogP contribution in [0.1, 0.15) is 27.2 Å². The summed E-state index contributed by atoms with van der Waals surface area (Å²) in [5.41, 5.74) is 2.49. The highest BCUT2D eigenvalue weighted by Crippen LogP contribution is 2.38. The first-order valence-electron chi connectivity index (χ1n) is 4.86. The van der Waals surface area contributed by atoms with Gasteiger partial charge >= 0.3 is 0 Å². The second-order valence-electron chi connectivity index (χ2n) is 3.34. The Morgan fingerprint density at radius 3 is 3.07 bits per heavy atom. The summed E-state index contributed by atoms with van der Waals surface area (Å²) in [6, 6.07) is 0. The highest BCUT2D eigenvalue weighted by Gasteiger charge is 2.21. The topological polar surface area (TPSA) is 29.1 Å². The van der Waals surface area contributed by atoms with E-state index in [2.05, 4.69) is 23.7 Å². The average molecular weight is 239 g/mol. The Morgan fingerprint density at radius 2 is 2.40 bits per heavy atom. The van der Waals surface area contributed by atoms with Gasteiger partial charge in [-0.2, -0.15) is 0 Å². The molecule has 0 atom stereocenters. The Hall–Kier alpha value is -0.740. The molecule has 1 aliphatic carbocycles. The summed E-state index contributed by atoms with van der Waals surface area (Å²) in [4.78, 5) is 12.6. The standard InChI is InChI=1S/C11H13NOS2/c1-12-10(13)9-7-5-3-4-6-8(7)11(14-2)15-9/h4,6H,3,5H2,1-2H3,(H,12,13). The summed E-state index contributed by atoms with van der Waals surface area (Å²) in [7, 11) is 1.69. The maximum Gasteiger partial charge on any atom is 0.261 e. The van der Waals surface area contributed by atoms with Gasteiger partial charge in [0, 0.05) is 12.6 Å². The molecular weight excluding hydrogens is 226 g/mol. The zero-order valence-corrected chi connectivity index (χ0v) is 10.4. The van der Waals surface area contributed by atoms with Crippen molar-refractivity contribution in [2.75, 3.05) is 13.3 Å². The molecular formula is C11H13NOS2. The lowest BCUT2D eigenvalue weighted by molar-refractivity contribution is 0.0966. The number of fused-ring (bicyclic) bond motifs is 1. The fourth-order valence-corrected chi connectivity index (χ4v) is 3.76. The smallest absolute Gasteiger partial charge is 0.261 e. The number of allylic oxidation sites excluding steroid dienone is 1. The number of amides is 1. The second-order valence-corrected chi connectivity index (χ2v) is 5.43. The van der Waals surface area contributed by atoms with Crippen molar-refractivity contribution in [2.24, 2.45) is 0 Å². The Balaban J connectivity index is 2.53. The van der Waals surface area contributed by atoms with Crippen LogP contribution in [-0.2, 0) is 6.42 Å². The lowest BCUT2D eigenvalue weighted by atomic mass is 10.00. The number of hydrogen-bond acceptors (Lipinski definition) is 3. The van der Waals surface area contributed by atoms with Crippen molar-refractivity contribution in [3.8, 4) is 0 Å². The van der Waals surface area contributed by atoms with Gasteiger partial charge in [0.2, 0.25) is 0 Å². The molecule has 1 aromatic rings. The van der Waals surface area contributed by atoms with Crippen LogP contribution in [0.2, 0.25) is 0 Å². The first-order valence-corrected chi connectivity index (χ1v) is 6.90. The third-order valence-electron chi connectivity index (χ3n) is 2.48. The normalized spacial score (nSPS) is 13.7. The number of carbonyl (C=O) groups excluding carboxylic acids is 1. The molecule has 0 saturated carbocycles. The van der Waals surface area contributed by atoms with Gasteiger partial charge in [0.25, 0.3) is 5.91 Å². The first-order chi connectivity index (χ1) is 7.27. The van der Waals surface area contributed by atoms with E-state index in [-0.39, 0.29) is 5.91 Å². The fourth-order valence-electron chi connectivity index (χ4n) is 1.75. The van der Waals surface area contributed by atoms with Crippen molar-refractivity contribution >= 4 is 35.1 Å². The molecule has 80 valence electrons. The van der Waals surface area contributed by atoms with Gasteiger partial charge in [-0.1, -0.05) is 12.2 Å². The molecule has 0 unspecified atom stereocenters. The summed E-state index contributed by atoms with van der Waals surface area (Å²) >= 11 is 3.33. The zero-order chi connectivity index (χ0) is 10.8. The summed E-state index contributed by atoms with van der Waals surface area (Å²) in [6.45, 7) is 0. The molecule has 0 radical (unpaired) electrons. The van der Waals surface area contributed by atoms with Gasteiger partial charge in [0.05, 0.1) is 9.09 Å². The van der Waals surface area contributed by atoms with Crippen molar-refractivity contribution in [3.05, 3.63) is 22.1 Å². The van der Waals surface area contributed by atoms with E-state index < -0.39 is 0 Å². The van der Waals surface area contributed by atoms with Crippen LogP contribution in [0.4, 0.5) is 0 Å². The van der Waals surface area contributed by atoms with Crippen LogP contribution in [0.15, 0.2) is 10.3 Å². The average Bonchev–Trinajstić information content (AvgIpc) is 2.67. The van der Waals surface area contributed by atoms with E-state index >= 15 is 0 Å². The van der Waals surface area contributed by atoms with Crippen LogP contribution >= 0.6 is 23.1 Å². The molecule has 2 nitrogen and oxygen atoms in total. The molecule has 0 aromatic carbocycles. The predicted octanol–water partition coefficient (Wildman–Crippen LogP) is 2.79. The van der Waals surface area contributed by atoms with Crippen molar-refractivity contribution in [1.29, 1.82) is 0 Å². The fraction of sp³-hybridized carbons (Fsp3) is 0.364. The second kappa shape index (κ2) is 4.41. The van der Waals surface area contributed by atoms with Crippen molar-refractivity contribution in [3.63, 3.8) is 0 Å². The Morgan fingerprint density at radius 1 is 1.60 bits per heavy atom. The van der Waals surface area contributed by atoms with Crippen LogP contribution in [0.3, 0.4) is 0 Å². The van der Waals surface area contributed by atoms with E-state index in [1.54, 1.807) is 30.1 Å². The minimum Gasteiger partial charge on any atom is -0.354 e. The van der Waals surface area contributed by atoms with Gasteiger partial charge in [-0.3, -0.25) is 4.79 Å². The van der Waals surface area contributed by atoms with E-state index in [9.17, 15) is 4.79 Å². The number of nitrogens with one attached hydrogen (secondary N) is 1. The molecule has 1 aromatic heterocycles. The largest absolute Gasteiger partial charge is 0.354 e. The third kappa shape index (κ3) is 1.84. The van der Waals surface area contributed by atoms with Gasteiger partial charge in [-0.15, -0.1) is 23.1 Å². The van der Waals surface area contributed by atoms with Gasteiger partial charge in [-0.25, -0.2) is 0 Å². The summed E-state index contributed by atoms with van der Waals surface area (Å²) in [5, 5.41) is 2.71.